The Morgan fingerprint density at radius 2 is 1.82 bits per heavy atom. The number of hydrogen-bond acceptors (Lipinski definition) is 8. The highest BCUT2D eigenvalue weighted by Crippen LogP contribution is 2.64. The SMILES string of the molecule is Cn1nc(NS(C)(=O)=O)c2c(Cl)ccc(-c3ccc(C#CC4(C)CNCCO4)nc3[C@H](Cc3cc(F)cc(F)c3)NC(=O)Cn3nc(C(F)(F)F)c4c3C(F)(F)[C@@H]3CC[C@H]43)c21. The van der Waals surface area contributed by atoms with Crippen LogP contribution >= 0.6 is 11.6 Å². The third-order valence-electron chi connectivity index (χ3n) is 11.1. The molecular weight excluding hydrogens is 857 g/mol. The van der Waals surface area contributed by atoms with E-state index in [4.69, 9.17) is 21.3 Å². The summed E-state index contributed by atoms with van der Waals surface area (Å²) in [7, 11) is -2.33. The Morgan fingerprint density at radius 1 is 1.10 bits per heavy atom. The number of carbonyl (C=O) groups excluding carboxylic acids is 1. The molecule has 61 heavy (non-hydrogen) atoms. The minimum Gasteiger partial charge on any atom is -0.360 e. The summed E-state index contributed by atoms with van der Waals surface area (Å²) in [6, 6.07) is 7.48. The molecule has 2 aliphatic carbocycles. The van der Waals surface area contributed by atoms with Crippen molar-refractivity contribution in [1.82, 2.24) is 35.2 Å². The van der Waals surface area contributed by atoms with Crippen molar-refractivity contribution < 1.29 is 48.7 Å². The number of alkyl halides is 5. The van der Waals surface area contributed by atoms with Crippen LogP contribution in [0.2, 0.25) is 5.02 Å². The van der Waals surface area contributed by atoms with Crippen LogP contribution in [-0.2, 0) is 51.7 Å². The van der Waals surface area contributed by atoms with Gasteiger partial charge in [0.25, 0.3) is 5.92 Å². The van der Waals surface area contributed by atoms with Gasteiger partial charge in [0.05, 0.1) is 40.5 Å². The lowest BCUT2D eigenvalue weighted by atomic mass is 9.73. The van der Waals surface area contributed by atoms with E-state index in [1.165, 1.54) is 17.8 Å². The maximum absolute atomic E-state index is 15.7. The molecule has 0 bridgehead atoms. The highest BCUT2D eigenvalue weighted by molar-refractivity contribution is 7.92. The number of halogens is 8. The molecule has 0 radical (unpaired) electrons. The van der Waals surface area contributed by atoms with E-state index >= 15 is 8.78 Å². The number of nitrogens with zero attached hydrogens (tertiary/aromatic N) is 5. The first kappa shape index (κ1) is 42.5. The molecule has 2 fully saturated rings. The molecule has 3 aromatic heterocycles. The summed E-state index contributed by atoms with van der Waals surface area (Å²) < 4.78 is 138. The van der Waals surface area contributed by atoms with Crippen molar-refractivity contribution in [2.75, 3.05) is 30.7 Å². The van der Waals surface area contributed by atoms with Crippen LogP contribution in [0, 0.1) is 29.4 Å². The zero-order valence-corrected chi connectivity index (χ0v) is 34.1. The van der Waals surface area contributed by atoms with Crippen LogP contribution in [0.1, 0.15) is 65.6 Å². The summed E-state index contributed by atoms with van der Waals surface area (Å²) in [5.41, 5.74) is -2.94. The van der Waals surface area contributed by atoms with E-state index in [0.29, 0.717) is 41.5 Å². The molecule has 3 N–H and O–H groups in total. The topological polar surface area (TPSA) is 145 Å². The number of benzene rings is 2. The van der Waals surface area contributed by atoms with E-state index in [2.05, 4.69) is 37.4 Å². The molecule has 3 aliphatic rings. The van der Waals surface area contributed by atoms with Crippen molar-refractivity contribution in [3.05, 3.63) is 93.0 Å². The van der Waals surface area contributed by atoms with Crippen LogP contribution in [-0.4, -0.2) is 70.4 Å². The highest BCUT2D eigenvalue weighted by Gasteiger charge is 2.63. The van der Waals surface area contributed by atoms with Crippen molar-refractivity contribution in [3.8, 4) is 23.0 Å². The third kappa shape index (κ3) is 8.15. The molecule has 1 saturated heterocycles. The van der Waals surface area contributed by atoms with Gasteiger partial charge in [-0.05, 0) is 73.9 Å². The molecule has 4 heterocycles. The fourth-order valence-electron chi connectivity index (χ4n) is 8.40. The number of rotatable bonds is 9. The fraction of sp³-hybridized carbons (Fsp3) is 0.400. The Hall–Kier alpha value is -5.23. The maximum atomic E-state index is 15.7. The van der Waals surface area contributed by atoms with Gasteiger partial charge in [-0.3, -0.25) is 18.9 Å². The lowest BCUT2D eigenvalue weighted by Crippen LogP contribution is -2.46. The molecule has 8 rings (SSSR count). The first-order chi connectivity index (χ1) is 28.6. The molecule has 2 aromatic carbocycles. The summed E-state index contributed by atoms with van der Waals surface area (Å²) in [5.74, 6) is -3.18. The number of morpholine rings is 1. The predicted molar refractivity (Wildman–Crippen MR) is 209 cm³/mol. The monoisotopic (exact) mass is 892 g/mol. The molecule has 0 spiro atoms. The minimum absolute atomic E-state index is 0.00197. The number of amides is 1. The van der Waals surface area contributed by atoms with E-state index in [9.17, 15) is 35.2 Å². The second-order valence-corrected chi connectivity index (χ2v) is 17.7. The Morgan fingerprint density at radius 3 is 2.46 bits per heavy atom. The van der Waals surface area contributed by atoms with Crippen LogP contribution in [0.3, 0.4) is 0 Å². The van der Waals surface area contributed by atoms with Crippen molar-refractivity contribution in [3.63, 3.8) is 0 Å². The molecule has 1 amide bonds. The number of ether oxygens (including phenoxy) is 1. The number of nitrogens with one attached hydrogen (secondary N) is 3. The summed E-state index contributed by atoms with van der Waals surface area (Å²) in [6.45, 7) is 2.07. The molecule has 1 aliphatic heterocycles. The van der Waals surface area contributed by atoms with Crippen molar-refractivity contribution in [2.24, 2.45) is 13.0 Å². The molecule has 1 unspecified atom stereocenters. The molecule has 4 atom stereocenters. The standard InChI is InChI=1S/C40H36ClF7N8O4S/c1-38(19-49-12-13-60-38)11-10-23-4-5-24(25-7-9-28(41)32-34(25)55(2)53-37(32)54-61(3,58)59)33(50-23)29(16-20-14-21(42)17-22(43)15-20)51-30(57)18-56-36-31(35(52-56)40(46,47)48)26-6-8-27(26)39(36,44)45/h4-5,7,9,14-15,17,26-27,29,49H,6,8,12-13,16,18-19H2,1-3H3,(H,51,57)(H,53,54)/t26-,27+,29-,38?/m0/s1. The first-order valence-corrected chi connectivity index (χ1v) is 21.2. The smallest absolute Gasteiger partial charge is 0.360 e. The Kier molecular flexibility index (Phi) is 10.6. The second-order valence-electron chi connectivity index (χ2n) is 15.6. The zero-order valence-electron chi connectivity index (χ0n) is 32.5. The summed E-state index contributed by atoms with van der Waals surface area (Å²) in [4.78, 5) is 18.9. The molecule has 322 valence electrons. The van der Waals surface area contributed by atoms with Gasteiger partial charge in [-0.1, -0.05) is 23.6 Å². The van der Waals surface area contributed by atoms with Gasteiger partial charge in [0, 0.05) is 48.8 Å². The van der Waals surface area contributed by atoms with Crippen LogP contribution in [0.15, 0.2) is 42.5 Å². The number of sulfonamides is 1. The average Bonchev–Trinajstić information content (AvgIpc) is 3.71. The molecule has 12 nitrogen and oxygen atoms in total. The number of aryl methyl sites for hydroxylation is 1. The molecule has 21 heteroatoms. The minimum atomic E-state index is -5.08. The van der Waals surface area contributed by atoms with E-state index in [0.717, 1.165) is 18.4 Å². The Bertz CT molecular complexity index is 2760. The van der Waals surface area contributed by atoms with Gasteiger partial charge in [-0.2, -0.15) is 32.1 Å². The molecule has 1 saturated carbocycles. The largest absolute Gasteiger partial charge is 0.435 e. The van der Waals surface area contributed by atoms with Gasteiger partial charge in [0.1, 0.15) is 35.2 Å². The number of pyridine rings is 1. The lowest BCUT2D eigenvalue weighted by Gasteiger charge is -2.34. The quantitative estimate of drug-likeness (QED) is 0.111. The van der Waals surface area contributed by atoms with Crippen molar-refractivity contribution in [2.45, 2.75) is 62.4 Å². The van der Waals surface area contributed by atoms with Crippen LogP contribution < -0.4 is 15.4 Å². The van der Waals surface area contributed by atoms with Crippen molar-refractivity contribution in [1.29, 1.82) is 0 Å². The third-order valence-corrected chi connectivity index (χ3v) is 11.9. The van der Waals surface area contributed by atoms with Gasteiger partial charge in [0.2, 0.25) is 15.9 Å². The normalized spacial score (nSPS) is 21.2. The van der Waals surface area contributed by atoms with Gasteiger partial charge < -0.3 is 15.4 Å². The number of fused-ring (bicyclic) bond motifs is 4. The number of anilines is 1. The van der Waals surface area contributed by atoms with Crippen LogP contribution in [0.25, 0.3) is 22.0 Å². The van der Waals surface area contributed by atoms with Crippen LogP contribution in [0.4, 0.5) is 36.6 Å². The van der Waals surface area contributed by atoms with Gasteiger partial charge in [0.15, 0.2) is 11.5 Å². The van der Waals surface area contributed by atoms with Gasteiger partial charge in [-0.25, -0.2) is 22.2 Å². The number of hydrogen-bond donors (Lipinski definition) is 3. The highest BCUT2D eigenvalue weighted by atomic mass is 35.5. The number of aromatic nitrogens is 5. The zero-order chi connectivity index (χ0) is 43.8. The maximum Gasteiger partial charge on any atom is 0.435 e. The summed E-state index contributed by atoms with van der Waals surface area (Å²) in [5, 5.41) is 14.0. The average molecular weight is 893 g/mol. The predicted octanol–water partition coefficient (Wildman–Crippen LogP) is 6.58. The molecule has 5 aromatic rings. The van der Waals surface area contributed by atoms with E-state index in [1.54, 1.807) is 25.1 Å². The van der Waals surface area contributed by atoms with E-state index < -0.39 is 86.6 Å². The van der Waals surface area contributed by atoms with Crippen molar-refractivity contribution >= 4 is 44.3 Å². The van der Waals surface area contributed by atoms with E-state index in [-0.39, 0.29) is 58.0 Å². The van der Waals surface area contributed by atoms with E-state index in [1.807, 2.05) is 0 Å². The first-order valence-electron chi connectivity index (χ1n) is 18.9. The fourth-order valence-corrected chi connectivity index (χ4v) is 9.13. The Labute approximate surface area is 349 Å². The molecular formula is C40H36ClF7N8O4S. The Balaban J connectivity index is 1.28. The van der Waals surface area contributed by atoms with Gasteiger partial charge >= 0.3 is 6.18 Å². The second kappa shape index (κ2) is 15.3. The number of carbonyl (C=O) groups is 1. The van der Waals surface area contributed by atoms with Crippen LogP contribution in [0.5, 0.6) is 0 Å². The lowest BCUT2D eigenvalue weighted by molar-refractivity contribution is -0.144. The summed E-state index contributed by atoms with van der Waals surface area (Å²) in [6.07, 6.45) is -4.43. The summed E-state index contributed by atoms with van der Waals surface area (Å²) >= 11 is 6.62. The van der Waals surface area contributed by atoms with Gasteiger partial charge in [-0.15, -0.1) is 0 Å².